The van der Waals surface area contributed by atoms with E-state index in [0.29, 0.717) is 5.39 Å². The quantitative estimate of drug-likeness (QED) is 0.470. The summed E-state index contributed by atoms with van der Waals surface area (Å²) in [6.45, 7) is -1.62. The van der Waals surface area contributed by atoms with Gasteiger partial charge in [0, 0.05) is 11.3 Å². The van der Waals surface area contributed by atoms with Gasteiger partial charge in [-0.15, -0.1) is 18.0 Å². The Labute approximate surface area is 148 Å². The summed E-state index contributed by atoms with van der Waals surface area (Å²) in [6, 6.07) is 10.8. The fourth-order valence-electron chi connectivity index (χ4n) is 1.77. The molecule has 0 fully saturated rings. The summed E-state index contributed by atoms with van der Waals surface area (Å²) in [7, 11) is 0. The minimum atomic E-state index is -4.95. The largest absolute Gasteiger partial charge is 1.00 e. The molecule has 2 aromatic carbocycles. The van der Waals surface area contributed by atoms with Crippen molar-refractivity contribution in [1.29, 1.82) is 0 Å². The molecule has 0 aliphatic rings. The van der Waals surface area contributed by atoms with E-state index in [1.165, 1.54) is 18.2 Å². The smallest absolute Gasteiger partial charge is 0.787 e. The van der Waals surface area contributed by atoms with Crippen molar-refractivity contribution in [2.45, 2.75) is 5.66 Å². The van der Waals surface area contributed by atoms with E-state index in [2.05, 4.69) is 6.58 Å². The Balaban J connectivity index is 0.00000220. The number of hydrogen-bond donors (Lipinski definition) is 0. The first-order valence-corrected chi connectivity index (χ1v) is 9.04. The molecule has 0 spiro atoms. The van der Waals surface area contributed by atoms with E-state index in [4.69, 9.17) is 0 Å². The molecular weight excluding hydrogens is 324 g/mol. The van der Waals surface area contributed by atoms with Crippen LogP contribution in [0.5, 0.6) is 0 Å². The molecule has 2 aromatic rings. The molecule has 0 radical (unpaired) electrons. The van der Waals surface area contributed by atoms with Crippen LogP contribution >= 0.6 is 18.0 Å². The second kappa shape index (κ2) is 7.40. The van der Waals surface area contributed by atoms with Crippen LogP contribution in [0.1, 0.15) is 5.56 Å². The van der Waals surface area contributed by atoms with Crippen LogP contribution in [0.15, 0.2) is 55.1 Å². The van der Waals surface area contributed by atoms with Crippen LogP contribution < -0.4 is 34.5 Å². The molecule has 0 amide bonds. The van der Waals surface area contributed by atoms with Crippen molar-refractivity contribution in [1.82, 2.24) is 0 Å². The zero-order valence-electron chi connectivity index (χ0n) is 11.5. The minimum Gasteiger partial charge on any atom is -0.787 e. The molecule has 0 bridgehead atoms. The van der Waals surface area contributed by atoms with E-state index < -0.39 is 17.8 Å². The number of hydrogen-bond acceptors (Lipinski definition) is 3. The third kappa shape index (κ3) is 3.98. The first-order valence-electron chi connectivity index (χ1n) is 5.82. The minimum absolute atomic E-state index is 0. The third-order valence-corrected chi connectivity index (χ3v) is 6.63. The number of benzene rings is 2. The van der Waals surface area contributed by atoms with Gasteiger partial charge in [-0.2, -0.15) is 8.78 Å². The summed E-state index contributed by atoms with van der Waals surface area (Å²) in [4.78, 5) is 11.7. The van der Waals surface area contributed by atoms with Crippen molar-refractivity contribution >= 4 is 28.7 Å². The van der Waals surface area contributed by atoms with Crippen LogP contribution in [0, 0.1) is 0 Å². The summed E-state index contributed by atoms with van der Waals surface area (Å²) in [5.41, 5.74) is -4.41. The van der Waals surface area contributed by atoms with Gasteiger partial charge in [-0.25, -0.2) is 0 Å². The van der Waals surface area contributed by atoms with E-state index in [1.807, 2.05) is 0 Å². The summed E-state index contributed by atoms with van der Waals surface area (Å²) in [5, 5.41) is 1.37. The molecule has 0 saturated carbocycles. The van der Waals surface area contributed by atoms with Gasteiger partial charge in [0.05, 0.1) is 0 Å². The van der Waals surface area contributed by atoms with Crippen LogP contribution in [0.4, 0.5) is 8.78 Å². The van der Waals surface area contributed by atoms with Gasteiger partial charge in [0.25, 0.3) is 0 Å². The van der Waals surface area contributed by atoms with Crippen molar-refractivity contribution in [2.75, 3.05) is 5.75 Å². The van der Waals surface area contributed by atoms with E-state index in [-0.39, 0.29) is 46.7 Å². The van der Waals surface area contributed by atoms with Gasteiger partial charge in [-0.1, -0.05) is 42.5 Å². The average Bonchev–Trinajstić information content (AvgIpc) is 2.44. The van der Waals surface area contributed by atoms with Crippen molar-refractivity contribution in [2.24, 2.45) is 0 Å². The SMILES string of the molecule is C=CCSP(=O)([O-])C(F)(F)c1ccc2ccccc2c1.[Na+]. The number of halogens is 2. The zero-order chi connectivity index (χ0) is 14.8. The van der Waals surface area contributed by atoms with Gasteiger partial charge in [-0.05, 0) is 16.8 Å². The predicted molar refractivity (Wildman–Crippen MR) is 78.1 cm³/mol. The Morgan fingerprint density at radius 1 is 1.24 bits per heavy atom. The van der Waals surface area contributed by atoms with Crippen molar-refractivity contribution in [3.05, 3.63) is 60.7 Å². The maximum absolute atomic E-state index is 14.2. The van der Waals surface area contributed by atoms with Crippen molar-refractivity contribution in [3.63, 3.8) is 0 Å². The molecule has 2 rings (SSSR count). The molecule has 1 unspecified atom stereocenters. The molecule has 0 aliphatic carbocycles. The van der Waals surface area contributed by atoms with Gasteiger partial charge in [0.15, 0.2) is 0 Å². The standard InChI is InChI=1S/C14H13F2O2PS.Na/c1-2-9-20-19(17,18)14(15,16)13-8-7-11-5-3-4-6-12(11)10-13;/h2-8,10H,1,9H2,(H,17,18);/q;+1/p-1. The fourth-order valence-corrected chi connectivity index (χ4v) is 4.39. The second-order valence-corrected chi connectivity index (χ2v) is 8.55. The topological polar surface area (TPSA) is 40.1 Å². The Hall–Kier alpha value is -0.160. The summed E-state index contributed by atoms with van der Waals surface area (Å²) < 4.78 is 40.0. The molecule has 0 aromatic heterocycles. The van der Waals surface area contributed by atoms with Crippen LogP contribution in [0.3, 0.4) is 0 Å². The summed E-state index contributed by atoms with van der Waals surface area (Å²) in [6.07, 6.45) is 1.28. The first-order chi connectivity index (χ1) is 9.38. The number of rotatable bonds is 5. The molecule has 0 heterocycles. The Morgan fingerprint density at radius 2 is 1.86 bits per heavy atom. The van der Waals surface area contributed by atoms with E-state index in [0.717, 1.165) is 11.5 Å². The number of fused-ring (bicyclic) bond motifs is 1. The molecule has 0 saturated heterocycles. The predicted octanol–water partition coefficient (Wildman–Crippen LogP) is 1.37. The van der Waals surface area contributed by atoms with Gasteiger partial charge < -0.3 is 9.46 Å². The van der Waals surface area contributed by atoms with Crippen LogP contribution in [-0.2, 0) is 10.2 Å². The van der Waals surface area contributed by atoms with Crippen LogP contribution in [0.2, 0.25) is 0 Å². The Bertz CT molecular complexity index is 693. The molecule has 0 N–H and O–H groups in total. The third-order valence-electron chi connectivity index (χ3n) is 2.80. The van der Waals surface area contributed by atoms with E-state index >= 15 is 0 Å². The molecule has 0 aliphatic heterocycles. The summed E-state index contributed by atoms with van der Waals surface area (Å²) in [5.74, 6) is -0.0655. The Kier molecular flexibility index (Phi) is 6.66. The monoisotopic (exact) mass is 336 g/mol. The molecule has 21 heavy (non-hydrogen) atoms. The second-order valence-electron chi connectivity index (χ2n) is 4.19. The normalized spacial score (nSPS) is 14.2. The van der Waals surface area contributed by atoms with Gasteiger partial charge in [0.1, 0.15) is 6.57 Å². The average molecular weight is 336 g/mol. The molecule has 1 atom stereocenters. The molecule has 7 heteroatoms. The van der Waals surface area contributed by atoms with Crippen LogP contribution in [-0.4, -0.2) is 5.75 Å². The summed E-state index contributed by atoms with van der Waals surface area (Å²) >= 11 is 0.218. The van der Waals surface area contributed by atoms with Crippen molar-refractivity contribution < 1.29 is 47.8 Å². The van der Waals surface area contributed by atoms with E-state index in [9.17, 15) is 18.2 Å². The maximum atomic E-state index is 14.2. The molecule has 2 nitrogen and oxygen atoms in total. The fraction of sp³-hybridized carbons (Fsp3) is 0.143. The molecular formula is C14H12F2NaO2PS. The van der Waals surface area contributed by atoms with Gasteiger partial charge in [0.2, 0.25) is 0 Å². The first kappa shape index (κ1) is 18.9. The van der Waals surface area contributed by atoms with E-state index in [1.54, 1.807) is 24.3 Å². The van der Waals surface area contributed by atoms with Gasteiger partial charge in [-0.3, -0.25) is 0 Å². The molecule has 106 valence electrons. The number of alkyl halides is 2. The maximum Gasteiger partial charge on any atom is 1.00 e. The van der Waals surface area contributed by atoms with Gasteiger partial charge >= 0.3 is 35.2 Å². The Morgan fingerprint density at radius 3 is 2.48 bits per heavy atom. The van der Waals surface area contributed by atoms with Crippen LogP contribution in [0.25, 0.3) is 10.8 Å². The van der Waals surface area contributed by atoms with Crippen molar-refractivity contribution in [3.8, 4) is 0 Å². The zero-order valence-corrected chi connectivity index (χ0v) is 15.2.